The van der Waals surface area contributed by atoms with Crippen LogP contribution in [-0.2, 0) is 11.3 Å². The minimum absolute atomic E-state index is 0.0440. The van der Waals surface area contributed by atoms with E-state index in [-0.39, 0.29) is 17.9 Å². The van der Waals surface area contributed by atoms with Gasteiger partial charge in [0.15, 0.2) is 23.1 Å². The third-order valence-corrected chi connectivity index (χ3v) is 7.96. The molecule has 2 fully saturated rings. The molecule has 41 heavy (non-hydrogen) atoms. The lowest BCUT2D eigenvalue weighted by molar-refractivity contribution is -0.126. The molecule has 1 aromatic heterocycles. The Morgan fingerprint density at radius 2 is 1.54 bits per heavy atom. The van der Waals surface area contributed by atoms with Crippen molar-refractivity contribution in [1.82, 2.24) is 20.4 Å². The van der Waals surface area contributed by atoms with E-state index in [9.17, 15) is 4.79 Å². The molecule has 5 rings (SSSR count). The number of benzene rings is 2. The van der Waals surface area contributed by atoms with E-state index in [1.54, 1.807) is 21.3 Å². The highest BCUT2D eigenvalue weighted by Crippen LogP contribution is 2.40. The number of hydrogen-bond donors (Lipinski definition) is 2. The van der Waals surface area contributed by atoms with Gasteiger partial charge in [-0.1, -0.05) is 30.3 Å². The summed E-state index contributed by atoms with van der Waals surface area (Å²) in [6, 6.07) is 18.3. The van der Waals surface area contributed by atoms with Crippen molar-refractivity contribution in [1.29, 1.82) is 0 Å². The zero-order valence-electron chi connectivity index (χ0n) is 24.1. The van der Waals surface area contributed by atoms with Crippen molar-refractivity contribution in [2.24, 2.45) is 5.92 Å². The summed E-state index contributed by atoms with van der Waals surface area (Å²) in [5.74, 6) is 3.30. The van der Waals surface area contributed by atoms with Gasteiger partial charge in [-0.25, -0.2) is 0 Å². The molecule has 0 radical (unpaired) electrons. The number of carbonyl (C=O) groups excluding carboxylic acids is 1. The highest BCUT2D eigenvalue weighted by atomic mass is 16.5. The van der Waals surface area contributed by atoms with Gasteiger partial charge in [-0.05, 0) is 43.4 Å². The van der Waals surface area contributed by atoms with E-state index in [1.807, 2.05) is 24.3 Å². The van der Waals surface area contributed by atoms with Crippen LogP contribution in [0, 0.1) is 5.92 Å². The molecule has 0 aliphatic carbocycles. The second-order valence-electron chi connectivity index (χ2n) is 10.6. The second-order valence-corrected chi connectivity index (χ2v) is 10.6. The molecule has 0 unspecified atom stereocenters. The molecule has 1 amide bonds. The van der Waals surface area contributed by atoms with Crippen molar-refractivity contribution in [3.05, 3.63) is 60.2 Å². The van der Waals surface area contributed by atoms with Crippen LogP contribution in [0.3, 0.4) is 0 Å². The number of methoxy groups -OCH3 is 3. The molecule has 10 nitrogen and oxygen atoms in total. The van der Waals surface area contributed by atoms with Crippen molar-refractivity contribution in [2.45, 2.75) is 38.3 Å². The standard InChI is InChI=1S/C31H40N6O4/c1-39-26-19-25(20-27(40-2)30(26)41-3)32-28-9-10-29(35-34-28)37-17-11-23(12-18-37)31(38)33-24-13-15-36(16-14-24)21-22-7-5-4-6-8-22/h4-10,19-20,23-24H,11-18,21H2,1-3H3,(H,32,34)(H,33,38). The van der Waals surface area contributed by atoms with E-state index >= 15 is 0 Å². The number of ether oxygens (including phenoxy) is 3. The molecule has 0 bridgehead atoms. The molecule has 0 saturated carbocycles. The fourth-order valence-electron chi connectivity index (χ4n) is 5.63. The lowest BCUT2D eigenvalue weighted by atomic mass is 9.94. The Balaban J connectivity index is 1.07. The summed E-state index contributed by atoms with van der Waals surface area (Å²) in [7, 11) is 4.74. The van der Waals surface area contributed by atoms with Gasteiger partial charge in [0.05, 0.1) is 21.3 Å². The molecule has 2 saturated heterocycles. The van der Waals surface area contributed by atoms with Crippen LogP contribution in [0.2, 0.25) is 0 Å². The number of hydrogen-bond acceptors (Lipinski definition) is 9. The summed E-state index contributed by atoms with van der Waals surface area (Å²) in [6.07, 6.45) is 3.63. The first-order valence-corrected chi connectivity index (χ1v) is 14.3. The third kappa shape index (κ3) is 7.18. The molecular weight excluding hydrogens is 520 g/mol. The Bertz CT molecular complexity index is 1250. The number of likely N-dealkylation sites (tertiary alicyclic amines) is 1. The molecule has 2 aliphatic heterocycles. The normalized spacial score (nSPS) is 16.7. The first-order chi connectivity index (χ1) is 20.1. The average molecular weight is 561 g/mol. The number of piperidine rings is 2. The minimum atomic E-state index is 0.0440. The van der Waals surface area contributed by atoms with Crippen molar-refractivity contribution in [3.8, 4) is 17.2 Å². The van der Waals surface area contributed by atoms with Gasteiger partial charge in [0.2, 0.25) is 11.7 Å². The van der Waals surface area contributed by atoms with Crippen LogP contribution >= 0.6 is 0 Å². The van der Waals surface area contributed by atoms with E-state index in [0.717, 1.165) is 69.9 Å². The van der Waals surface area contributed by atoms with Gasteiger partial charge in [-0.15, -0.1) is 10.2 Å². The SMILES string of the molecule is COc1cc(Nc2ccc(N3CCC(C(=O)NC4CCN(Cc5ccccc5)CC4)CC3)nn2)cc(OC)c1OC. The predicted octanol–water partition coefficient (Wildman–Crippen LogP) is 4.24. The summed E-state index contributed by atoms with van der Waals surface area (Å²) < 4.78 is 16.2. The Labute approximate surface area is 242 Å². The van der Waals surface area contributed by atoms with Crippen LogP contribution in [0.4, 0.5) is 17.3 Å². The summed E-state index contributed by atoms with van der Waals surface area (Å²) in [6.45, 7) is 4.57. The predicted molar refractivity (Wildman–Crippen MR) is 159 cm³/mol. The fourth-order valence-corrected chi connectivity index (χ4v) is 5.63. The van der Waals surface area contributed by atoms with Crippen molar-refractivity contribution in [3.63, 3.8) is 0 Å². The number of anilines is 3. The molecule has 2 aliphatic rings. The maximum Gasteiger partial charge on any atom is 0.223 e. The van der Waals surface area contributed by atoms with Gasteiger partial charge in [-0.3, -0.25) is 9.69 Å². The number of nitrogens with one attached hydrogen (secondary N) is 2. The van der Waals surface area contributed by atoms with Gasteiger partial charge >= 0.3 is 0 Å². The van der Waals surface area contributed by atoms with Crippen LogP contribution in [-0.4, -0.2) is 74.6 Å². The summed E-state index contributed by atoms with van der Waals surface area (Å²) in [5.41, 5.74) is 2.09. The Morgan fingerprint density at radius 3 is 2.12 bits per heavy atom. The van der Waals surface area contributed by atoms with Gasteiger partial charge < -0.3 is 29.7 Å². The second kappa shape index (κ2) is 13.5. The molecule has 218 valence electrons. The summed E-state index contributed by atoms with van der Waals surface area (Å²) >= 11 is 0. The van der Waals surface area contributed by atoms with E-state index < -0.39 is 0 Å². The first kappa shape index (κ1) is 28.5. The molecule has 2 aromatic carbocycles. The van der Waals surface area contributed by atoms with Crippen LogP contribution < -0.4 is 29.7 Å². The number of rotatable bonds is 10. The Morgan fingerprint density at radius 1 is 0.854 bits per heavy atom. The maximum atomic E-state index is 13.0. The number of nitrogens with zero attached hydrogens (tertiary/aromatic N) is 4. The number of amides is 1. The van der Waals surface area contributed by atoms with E-state index in [0.29, 0.717) is 23.1 Å². The van der Waals surface area contributed by atoms with E-state index in [1.165, 1.54) is 5.56 Å². The average Bonchev–Trinajstić information content (AvgIpc) is 3.02. The van der Waals surface area contributed by atoms with Crippen molar-refractivity contribution >= 4 is 23.2 Å². The Hall–Kier alpha value is -4.05. The van der Waals surface area contributed by atoms with Gasteiger partial charge in [0.25, 0.3) is 0 Å². The zero-order valence-corrected chi connectivity index (χ0v) is 24.1. The molecule has 3 heterocycles. The zero-order chi connectivity index (χ0) is 28.6. The third-order valence-electron chi connectivity index (χ3n) is 7.96. The largest absolute Gasteiger partial charge is 0.493 e. The molecule has 3 aromatic rings. The summed E-state index contributed by atoms with van der Waals surface area (Å²) in [5, 5.41) is 15.4. The van der Waals surface area contributed by atoms with Crippen LogP contribution in [0.25, 0.3) is 0 Å². The lowest BCUT2D eigenvalue weighted by Gasteiger charge is -2.35. The van der Waals surface area contributed by atoms with Crippen molar-refractivity contribution in [2.75, 3.05) is 57.7 Å². The van der Waals surface area contributed by atoms with Crippen LogP contribution in [0.1, 0.15) is 31.2 Å². The van der Waals surface area contributed by atoms with Crippen LogP contribution in [0.15, 0.2) is 54.6 Å². The topological polar surface area (TPSA) is 101 Å². The molecule has 2 N–H and O–H groups in total. The minimum Gasteiger partial charge on any atom is -0.493 e. The number of carbonyl (C=O) groups is 1. The highest BCUT2D eigenvalue weighted by Gasteiger charge is 2.28. The molecule has 0 atom stereocenters. The lowest BCUT2D eigenvalue weighted by Crippen LogP contribution is -2.48. The highest BCUT2D eigenvalue weighted by molar-refractivity contribution is 5.79. The summed E-state index contributed by atoms with van der Waals surface area (Å²) in [4.78, 5) is 17.7. The monoisotopic (exact) mass is 560 g/mol. The molecule has 0 spiro atoms. The smallest absolute Gasteiger partial charge is 0.223 e. The van der Waals surface area contributed by atoms with Crippen molar-refractivity contribution < 1.29 is 19.0 Å². The van der Waals surface area contributed by atoms with E-state index in [2.05, 4.69) is 61.0 Å². The molecular formula is C31H40N6O4. The van der Waals surface area contributed by atoms with E-state index in [4.69, 9.17) is 14.2 Å². The van der Waals surface area contributed by atoms with Crippen LogP contribution in [0.5, 0.6) is 17.2 Å². The van der Waals surface area contributed by atoms with Gasteiger partial charge in [0.1, 0.15) is 0 Å². The Kier molecular flexibility index (Phi) is 9.40. The first-order valence-electron chi connectivity index (χ1n) is 14.3. The quantitative estimate of drug-likeness (QED) is 0.377. The maximum absolute atomic E-state index is 13.0. The van der Waals surface area contributed by atoms with Gasteiger partial charge in [0, 0.05) is 62.5 Å². The van der Waals surface area contributed by atoms with Gasteiger partial charge in [-0.2, -0.15) is 0 Å². The molecule has 10 heteroatoms. The fraction of sp³-hybridized carbons (Fsp3) is 0.452. The number of aromatic nitrogens is 2.